The van der Waals surface area contributed by atoms with E-state index < -0.39 is 11.9 Å². The summed E-state index contributed by atoms with van der Waals surface area (Å²) in [7, 11) is 0. The maximum Gasteiger partial charge on any atom is 0.317 e. The van der Waals surface area contributed by atoms with Gasteiger partial charge in [0.25, 0.3) is 0 Å². The number of carbonyl (C=O) groups excluding carboxylic acids is 1. The molecular weight excluding hydrogens is 330 g/mol. The van der Waals surface area contributed by atoms with Crippen molar-refractivity contribution in [1.82, 2.24) is 15.2 Å². The maximum atomic E-state index is 12.5. The number of aliphatic carboxylic acids is 1. The summed E-state index contributed by atoms with van der Waals surface area (Å²) in [5.41, 5.74) is 3.11. The molecule has 0 spiro atoms. The Morgan fingerprint density at radius 1 is 1.23 bits per heavy atom. The first-order chi connectivity index (χ1) is 12.5. The molecule has 2 N–H and O–H groups in total. The van der Waals surface area contributed by atoms with Crippen LogP contribution in [0.25, 0.3) is 11.1 Å². The predicted octanol–water partition coefficient (Wildman–Crippen LogP) is 3.32. The summed E-state index contributed by atoms with van der Waals surface area (Å²) >= 11 is 0. The molecule has 1 aliphatic heterocycles. The average molecular weight is 353 g/mol. The van der Waals surface area contributed by atoms with E-state index in [1.54, 1.807) is 11.1 Å². The Hall–Kier alpha value is -2.89. The fourth-order valence-corrected chi connectivity index (χ4v) is 3.22. The van der Waals surface area contributed by atoms with Crippen molar-refractivity contribution in [1.29, 1.82) is 0 Å². The Bertz CT molecular complexity index is 762. The molecule has 26 heavy (non-hydrogen) atoms. The summed E-state index contributed by atoms with van der Waals surface area (Å²) in [6.45, 7) is 2.80. The topological polar surface area (TPSA) is 82.5 Å². The van der Waals surface area contributed by atoms with Crippen LogP contribution in [0.2, 0.25) is 0 Å². The van der Waals surface area contributed by atoms with Gasteiger partial charge in [-0.15, -0.1) is 0 Å². The first-order valence-electron chi connectivity index (χ1n) is 8.83. The third kappa shape index (κ3) is 4.20. The Balaban J connectivity index is 1.61. The van der Waals surface area contributed by atoms with Crippen molar-refractivity contribution in [2.24, 2.45) is 5.92 Å². The van der Waals surface area contributed by atoms with Gasteiger partial charge in [-0.1, -0.05) is 30.3 Å². The molecule has 0 radical (unpaired) electrons. The number of carboxylic acid groups (broad SMARTS) is 1. The van der Waals surface area contributed by atoms with Crippen LogP contribution in [0.4, 0.5) is 4.79 Å². The van der Waals surface area contributed by atoms with Crippen LogP contribution >= 0.6 is 0 Å². The van der Waals surface area contributed by atoms with Gasteiger partial charge in [0.05, 0.1) is 12.0 Å². The molecule has 2 amide bonds. The second-order valence-electron chi connectivity index (χ2n) is 6.66. The standard InChI is InChI=1S/C20H23N3O3/c1-14(22-20(26)23-11-3-5-18(13-23)19(24)25)15-6-8-16(9-7-15)17-4-2-10-21-12-17/h2,4,6-10,12,14,18H,3,5,11,13H2,1H3,(H,22,26)(H,24,25). The highest BCUT2D eigenvalue weighted by Gasteiger charge is 2.28. The molecule has 1 aliphatic rings. The SMILES string of the molecule is CC(NC(=O)N1CCCC(C(=O)O)C1)c1ccc(-c2cccnc2)cc1. The van der Waals surface area contributed by atoms with E-state index in [0.717, 1.165) is 23.1 Å². The van der Waals surface area contributed by atoms with E-state index in [0.29, 0.717) is 13.0 Å². The number of carbonyl (C=O) groups is 2. The molecule has 0 aliphatic carbocycles. The minimum absolute atomic E-state index is 0.157. The predicted molar refractivity (Wildman–Crippen MR) is 98.6 cm³/mol. The normalized spacial score (nSPS) is 18.2. The molecule has 2 heterocycles. The van der Waals surface area contributed by atoms with Crippen molar-refractivity contribution in [3.8, 4) is 11.1 Å². The van der Waals surface area contributed by atoms with E-state index in [4.69, 9.17) is 5.11 Å². The molecule has 6 nitrogen and oxygen atoms in total. The number of hydrogen-bond donors (Lipinski definition) is 2. The first kappa shape index (κ1) is 17.9. The number of hydrogen-bond acceptors (Lipinski definition) is 3. The highest BCUT2D eigenvalue weighted by molar-refractivity contribution is 5.77. The molecule has 0 bridgehead atoms. The van der Waals surface area contributed by atoms with Crippen LogP contribution in [0.3, 0.4) is 0 Å². The van der Waals surface area contributed by atoms with Crippen molar-refractivity contribution in [3.63, 3.8) is 0 Å². The number of carboxylic acids is 1. The Labute approximate surface area is 152 Å². The van der Waals surface area contributed by atoms with Crippen molar-refractivity contribution >= 4 is 12.0 Å². The average Bonchev–Trinajstić information content (AvgIpc) is 2.68. The van der Waals surface area contributed by atoms with Gasteiger partial charge < -0.3 is 15.3 Å². The molecule has 1 saturated heterocycles. The van der Waals surface area contributed by atoms with Crippen LogP contribution in [0.15, 0.2) is 48.8 Å². The van der Waals surface area contributed by atoms with Crippen LogP contribution in [-0.2, 0) is 4.79 Å². The molecule has 2 unspecified atom stereocenters. The number of nitrogens with one attached hydrogen (secondary N) is 1. The van der Waals surface area contributed by atoms with Gasteiger partial charge in [0.2, 0.25) is 0 Å². The maximum absolute atomic E-state index is 12.5. The number of nitrogens with zero attached hydrogens (tertiary/aromatic N) is 2. The third-order valence-electron chi connectivity index (χ3n) is 4.80. The molecule has 2 aromatic rings. The smallest absolute Gasteiger partial charge is 0.317 e. The zero-order valence-corrected chi connectivity index (χ0v) is 14.8. The number of rotatable bonds is 4. The van der Waals surface area contributed by atoms with E-state index in [9.17, 15) is 9.59 Å². The Kier molecular flexibility index (Phi) is 5.51. The zero-order chi connectivity index (χ0) is 18.5. The van der Waals surface area contributed by atoms with E-state index in [2.05, 4.69) is 10.3 Å². The number of piperidine rings is 1. The minimum Gasteiger partial charge on any atom is -0.481 e. The molecule has 136 valence electrons. The summed E-state index contributed by atoms with van der Waals surface area (Å²) < 4.78 is 0. The summed E-state index contributed by atoms with van der Waals surface area (Å²) in [5.74, 6) is -1.30. The summed E-state index contributed by atoms with van der Waals surface area (Å²) in [5, 5.41) is 12.1. The van der Waals surface area contributed by atoms with Crippen molar-refractivity contribution in [3.05, 3.63) is 54.4 Å². The fraction of sp³-hybridized carbons (Fsp3) is 0.350. The van der Waals surface area contributed by atoms with E-state index in [1.165, 1.54) is 0 Å². The first-order valence-corrected chi connectivity index (χ1v) is 8.83. The number of amides is 2. The molecule has 1 aromatic heterocycles. The van der Waals surface area contributed by atoms with Crippen LogP contribution in [-0.4, -0.2) is 40.1 Å². The van der Waals surface area contributed by atoms with Gasteiger partial charge in [0, 0.05) is 25.5 Å². The number of pyridine rings is 1. The van der Waals surface area contributed by atoms with Gasteiger partial charge in [-0.05, 0) is 42.5 Å². The van der Waals surface area contributed by atoms with E-state index in [1.807, 2.05) is 49.5 Å². The van der Waals surface area contributed by atoms with Gasteiger partial charge in [-0.2, -0.15) is 0 Å². The summed E-state index contributed by atoms with van der Waals surface area (Å²) in [6, 6.07) is 11.5. The number of urea groups is 1. The molecule has 2 atom stereocenters. The Morgan fingerprint density at radius 2 is 2.00 bits per heavy atom. The van der Waals surface area contributed by atoms with Gasteiger partial charge in [0.15, 0.2) is 0 Å². The summed E-state index contributed by atoms with van der Waals surface area (Å²) in [6.07, 6.45) is 4.91. The van der Waals surface area contributed by atoms with Crippen molar-refractivity contribution < 1.29 is 14.7 Å². The highest BCUT2D eigenvalue weighted by Crippen LogP contribution is 2.22. The van der Waals surface area contributed by atoms with Gasteiger partial charge >= 0.3 is 12.0 Å². The van der Waals surface area contributed by atoms with E-state index in [-0.39, 0.29) is 18.6 Å². The molecular formula is C20H23N3O3. The molecule has 6 heteroatoms. The molecule has 1 fully saturated rings. The highest BCUT2D eigenvalue weighted by atomic mass is 16.4. The number of likely N-dealkylation sites (tertiary alicyclic amines) is 1. The zero-order valence-electron chi connectivity index (χ0n) is 14.8. The van der Waals surface area contributed by atoms with Gasteiger partial charge in [-0.25, -0.2) is 4.79 Å². The monoisotopic (exact) mass is 353 g/mol. The number of aromatic nitrogens is 1. The van der Waals surface area contributed by atoms with Gasteiger partial charge in [0.1, 0.15) is 0 Å². The quantitative estimate of drug-likeness (QED) is 0.883. The Morgan fingerprint density at radius 3 is 2.65 bits per heavy atom. The van der Waals surface area contributed by atoms with Crippen molar-refractivity contribution in [2.75, 3.05) is 13.1 Å². The molecule has 1 aromatic carbocycles. The number of benzene rings is 1. The van der Waals surface area contributed by atoms with Gasteiger partial charge in [-0.3, -0.25) is 9.78 Å². The van der Waals surface area contributed by atoms with Crippen LogP contribution < -0.4 is 5.32 Å². The largest absolute Gasteiger partial charge is 0.481 e. The van der Waals surface area contributed by atoms with Crippen LogP contribution in [0, 0.1) is 5.92 Å². The lowest BCUT2D eigenvalue weighted by Crippen LogP contribution is -2.47. The van der Waals surface area contributed by atoms with Crippen molar-refractivity contribution in [2.45, 2.75) is 25.8 Å². The lowest BCUT2D eigenvalue weighted by atomic mass is 9.98. The molecule has 0 saturated carbocycles. The fourth-order valence-electron chi connectivity index (χ4n) is 3.22. The minimum atomic E-state index is -0.832. The van der Waals surface area contributed by atoms with Crippen LogP contribution in [0.1, 0.15) is 31.4 Å². The van der Waals surface area contributed by atoms with Crippen LogP contribution in [0.5, 0.6) is 0 Å². The van der Waals surface area contributed by atoms with E-state index >= 15 is 0 Å². The lowest BCUT2D eigenvalue weighted by Gasteiger charge is -2.31. The molecule has 3 rings (SSSR count). The lowest BCUT2D eigenvalue weighted by molar-refractivity contribution is -0.143. The second kappa shape index (κ2) is 7.99. The third-order valence-corrected chi connectivity index (χ3v) is 4.80. The summed E-state index contributed by atoms with van der Waals surface area (Å²) in [4.78, 5) is 29.3. The second-order valence-corrected chi connectivity index (χ2v) is 6.66.